The average Bonchev–Trinajstić information content (AvgIpc) is 2.95. The van der Waals surface area contributed by atoms with Gasteiger partial charge in [0.05, 0.1) is 4.90 Å². The highest BCUT2D eigenvalue weighted by Crippen LogP contribution is 2.25. The van der Waals surface area contributed by atoms with E-state index in [0.717, 1.165) is 26.4 Å². The molecule has 10 heteroatoms. The third kappa shape index (κ3) is 7.91. The smallest absolute Gasteiger partial charge is 0.321 e. The van der Waals surface area contributed by atoms with Gasteiger partial charge in [0, 0.05) is 16.4 Å². The number of rotatable bonds is 13. The number of carbonyl (C=O) groups is 2. The van der Waals surface area contributed by atoms with Gasteiger partial charge < -0.3 is 15.2 Å². The molecule has 40 heavy (non-hydrogen) atoms. The molecule has 4 aromatic rings. The first-order valence-corrected chi connectivity index (χ1v) is 15.0. The minimum absolute atomic E-state index is 0.0157. The highest BCUT2D eigenvalue weighted by atomic mass is 79.9. The Morgan fingerprint density at radius 2 is 1.50 bits per heavy atom. The number of ether oxygens (including phenoxy) is 1. The second kappa shape index (κ2) is 13.6. The van der Waals surface area contributed by atoms with E-state index >= 15 is 0 Å². The summed E-state index contributed by atoms with van der Waals surface area (Å²) >= 11 is 3.38. The van der Waals surface area contributed by atoms with Crippen molar-refractivity contribution in [3.05, 3.63) is 95.5 Å². The molecule has 0 saturated heterocycles. The van der Waals surface area contributed by atoms with Crippen molar-refractivity contribution in [2.45, 2.75) is 30.2 Å². The predicted octanol–water partition coefficient (Wildman–Crippen LogP) is 5.37. The number of carbonyl (C=O) groups excluding carboxylic acids is 1. The van der Waals surface area contributed by atoms with Crippen LogP contribution in [-0.4, -0.2) is 44.6 Å². The number of fused-ring (bicyclic) bond motifs is 1. The fourth-order valence-electron chi connectivity index (χ4n) is 4.17. The molecule has 0 fully saturated rings. The molecule has 1 unspecified atom stereocenters. The molecule has 8 nitrogen and oxygen atoms in total. The molecule has 0 heterocycles. The van der Waals surface area contributed by atoms with Gasteiger partial charge in [-0.3, -0.25) is 9.59 Å². The molecule has 3 N–H and O–H groups in total. The molecule has 208 valence electrons. The van der Waals surface area contributed by atoms with Gasteiger partial charge in [-0.25, -0.2) is 8.42 Å². The van der Waals surface area contributed by atoms with Crippen LogP contribution in [0.5, 0.6) is 5.75 Å². The number of amides is 1. The topological polar surface area (TPSA) is 122 Å². The second-order valence-electron chi connectivity index (χ2n) is 9.16. The maximum Gasteiger partial charge on any atom is 0.321 e. The monoisotopic (exact) mass is 624 g/mol. The number of nitrogens with one attached hydrogen (secondary N) is 2. The number of carboxylic acid groups (broad SMARTS) is 1. The lowest BCUT2D eigenvalue weighted by Crippen LogP contribution is -2.40. The molecule has 0 radical (unpaired) electrons. The highest BCUT2D eigenvalue weighted by molar-refractivity contribution is 9.10. The van der Waals surface area contributed by atoms with Crippen molar-refractivity contribution in [1.82, 2.24) is 10.0 Å². The molecule has 4 rings (SSSR count). The number of benzene rings is 4. The van der Waals surface area contributed by atoms with E-state index in [1.807, 2.05) is 60.7 Å². The Morgan fingerprint density at radius 3 is 2.20 bits per heavy atom. The zero-order chi connectivity index (χ0) is 28.5. The van der Waals surface area contributed by atoms with Crippen molar-refractivity contribution in [2.24, 2.45) is 0 Å². The molecule has 0 bridgehead atoms. The Balaban J connectivity index is 1.22. The standard InChI is InChI=1S/C30H29BrN2O6S/c31-24-15-11-21(12-16-24)22-13-17-25(18-14-22)40(37,38)33-27(30(35)36)9-3-4-19-32-29(34)20-39-28-10-5-7-23-6-1-2-8-26(23)28/h1-2,5-8,10-18,27,33H,3-4,9,19-20H2,(H,32,34)(H,35,36). The van der Waals surface area contributed by atoms with Crippen molar-refractivity contribution >= 4 is 48.6 Å². The minimum atomic E-state index is -4.04. The maximum atomic E-state index is 12.8. The lowest BCUT2D eigenvalue weighted by atomic mass is 10.1. The molecular formula is C30H29BrN2O6S. The molecule has 0 aliphatic rings. The molecule has 0 saturated carbocycles. The lowest BCUT2D eigenvalue weighted by Gasteiger charge is -2.15. The van der Waals surface area contributed by atoms with Gasteiger partial charge in [-0.15, -0.1) is 0 Å². The number of hydrogen-bond acceptors (Lipinski definition) is 5. The number of sulfonamides is 1. The largest absolute Gasteiger partial charge is 0.483 e. The van der Waals surface area contributed by atoms with E-state index in [2.05, 4.69) is 26.0 Å². The van der Waals surface area contributed by atoms with E-state index in [-0.39, 0.29) is 23.8 Å². The van der Waals surface area contributed by atoms with Crippen LogP contribution in [0.4, 0.5) is 0 Å². The summed E-state index contributed by atoms with van der Waals surface area (Å²) < 4.78 is 34.6. The Labute approximate surface area is 241 Å². The summed E-state index contributed by atoms with van der Waals surface area (Å²) in [7, 11) is -4.04. The van der Waals surface area contributed by atoms with Crippen molar-refractivity contribution in [1.29, 1.82) is 0 Å². The molecule has 0 spiro atoms. The van der Waals surface area contributed by atoms with Crippen LogP contribution in [0.2, 0.25) is 0 Å². The summed E-state index contributed by atoms with van der Waals surface area (Å²) in [4.78, 5) is 23.9. The summed E-state index contributed by atoms with van der Waals surface area (Å²) in [5, 5.41) is 14.3. The SMILES string of the molecule is O=C(COc1cccc2ccccc12)NCCCCC(NS(=O)(=O)c1ccc(-c2ccc(Br)cc2)cc1)C(=O)O. The number of carboxylic acids is 1. The zero-order valence-corrected chi connectivity index (χ0v) is 24.0. The van der Waals surface area contributed by atoms with Crippen LogP contribution in [0.3, 0.4) is 0 Å². The van der Waals surface area contributed by atoms with E-state index < -0.39 is 22.0 Å². The van der Waals surface area contributed by atoms with E-state index in [0.29, 0.717) is 25.1 Å². The van der Waals surface area contributed by atoms with Gasteiger partial charge >= 0.3 is 5.97 Å². The Bertz CT molecular complexity index is 1570. The predicted molar refractivity (Wildman–Crippen MR) is 158 cm³/mol. The third-order valence-electron chi connectivity index (χ3n) is 6.29. The van der Waals surface area contributed by atoms with Gasteiger partial charge in [0.2, 0.25) is 10.0 Å². The molecule has 0 aromatic heterocycles. The van der Waals surface area contributed by atoms with Crippen LogP contribution in [0.1, 0.15) is 19.3 Å². The fraction of sp³-hybridized carbons (Fsp3) is 0.200. The van der Waals surface area contributed by atoms with Gasteiger partial charge in [0.25, 0.3) is 5.91 Å². The van der Waals surface area contributed by atoms with Crippen molar-refractivity contribution < 1.29 is 27.9 Å². The Morgan fingerprint density at radius 1 is 0.850 bits per heavy atom. The Hall–Kier alpha value is -3.73. The van der Waals surface area contributed by atoms with Crippen LogP contribution in [0, 0.1) is 0 Å². The second-order valence-corrected chi connectivity index (χ2v) is 11.8. The van der Waals surface area contributed by atoms with Crippen LogP contribution < -0.4 is 14.8 Å². The van der Waals surface area contributed by atoms with Crippen LogP contribution in [0.25, 0.3) is 21.9 Å². The van der Waals surface area contributed by atoms with E-state index in [9.17, 15) is 23.1 Å². The number of hydrogen-bond donors (Lipinski definition) is 3. The summed E-state index contributed by atoms with van der Waals surface area (Å²) in [6.45, 7) is 0.167. The van der Waals surface area contributed by atoms with Crippen molar-refractivity contribution in [3.63, 3.8) is 0 Å². The first-order valence-electron chi connectivity index (χ1n) is 12.7. The van der Waals surface area contributed by atoms with Crippen LogP contribution in [-0.2, 0) is 19.6 Å². The number of halogens is 1. The van der Waals surface area contributed by atoms with E-state index in [4.69, 9.17) is 4.74 Å². The fourth-order valence-corrected chi connectivity index (χ4v) is 5.66. The van der Waals surface area contributed by atoms with Gasteiger partial charge in [-0.2, -0.15) is 4.72 Å². The summed E-state index contributed by atoms with van der Waals surface area (Å²) in [6, 6.07) is 25.9. The van der Waals surface area contributed by atoms with Gasteiger partial charge in [-0.1, -0.05) is 76.6 Å². The van der Waals surface area contributed by atoms with Crippen LogP contribution >= 0.6 is 15.9 Å². The van der Waals surface area contributed by atoms with E-state index in [1.54, 1.807) is 18.2 Å². The molecule has 4 aromatic carbocycles. The van der Waals surface area contributed by atoms with Gasteiger partial charge in [-0.05, 0) is 66.1 Å². The maximum absolute atomic E-state index is 12.8. The zero-order valence-electron chi connectivity index (χ0n) is 21.5. The molecule has 0 aliphatic carbocycles. The first-order chi connectivity index (χ1) is 19.2. The Kier molecular flexibility index (Phi) is 9.92. The minimum Gasteiger partial charge on any atom is -0.483 e. The lowest BCUT2D eigenvalue weighted by molar-refractivity contribution is -0.139. The van der Waals surface area contributed by atoms with Gasteiger partial charge in [0.1, 0.15) is 11.8 Å². The number of aliphatic carboxylic acids is 1. The molecule has 1 amide bonds. The van der Waals surface area contributed by atoms with E-state index in [1.165, 1.54) is 12.1 Å². The van der Waals surface area contributed by atoms with Crippen molar-refractivity contribution in [2.75, 3.05) is 13.2 Å². The normalized spacial score (nSPS) is 12.1. The van der Waals surface area contributed by atoms with Crippen LogP contribution in [0.15, 0.2) is 100 Å². The highest BCUT2D eigenvalue weighted by Gasteiger charge is 2.25. The molecule has 0 aliphatic heterocycles. The quantitative estimate of drug-likeness (QED) is 0.172. The summed E-state index contributed by atoms with van der Waals surface area (Å²) in [5.41, 5.74) is 1.77. The molecule has 1 atom stereocenters. The van der Waals surface area contributed by atoms with Gasteiger partial charge in [0.15, 0.2) is 6.61 Å². The first kappa shape index (κ1) is 29.3. The third-order valence-corrected chi connectivity index (χ3v) is 8.30. The molecular weight excluding hydrogens is 596 g/mol. The van der Waals surface area contributed by atoms with Crippen molar-refractivity contribution in [3.8, 4) is 16.9 Å². The number of unbranched alkanes of at least 4 members (excludes halogenated alkanes) is 1. The summed E-state index contributed by atoms with van der Waals surface area (Å²) in [5.74, 6) is -0.939. The average molecular weight is 626 g/mol. The summed E-state index contributed by atoms with van der Waals surface area (Å²) in [6.07, 6.45) is 0.952.